The maximum Gasteiger partial charge on any atom is 0.119 e. The maximum absolute atomic E-state index is 5.66. The standard InChI is InChI=1S/C16H21N3O/c1-11(2)20-14-7-5-13(6-8-14)16(17-4)15-10-18-12(3)9-19-15/h5-11,16-17H,1-4H3. The van der Waals surface area contributed by atoms with Crippen LogP contribution >= 0.6 is 0 Å². The number of aryl methyl sites for hydroxylation is 1. The number of rotatable bonds is 5. The molecule has 4 nitrogen and oxygen atoms in total. The number of benzene rings is 1. The van der Waals surface area contributed by atoms with Crippen LogP contribution in [0.2, 0.25) is 0 Å². The fourth-order valence-electron chi connectivity index (χ4n) is 2.05. The number of hydrogen-bond acceptors (Lipinski definition) is 4. The van der Waals surface area contributed by atoms with Crippen LogP contribution in [-0.4, -0.2) is 23.1 Å². The predicted molar refractivity (Wildman–Crippen MR) is 79.9 cm³/mol. The molecule has 0 aliphatic rings. The maximum atomic E-state index is 5.66. The molecule has 20 heavy (non-hydrogen) atoms. The Labute approximate surface area is 120 Å². The fourth-order valence-corrected chi connectivity index (χ4v) is 2.05. The van der Waals surface area contributed by atoms with Crippen molar-refractivity contribution in [3.8, 4) is 5.75 Å². The zero-order valence-electron chi connectivity index (χ0n) is 12.4. The minimum Gasteiger partial charge on any atom is -0.491 e. The Balaban J connectivity index is 2.21. The lowest BCUT2D eigenvalue weighted by Crippen LogP contribution is -2.19. The highest BCUT2D eigenvalue weighted by Crippen LogP contribution is 2.22. The molecule has 1 N–H and O–H groups in total. The molecule has 106 valence electrons. The van der Waals surface area contributed by atoms with E-state index in [-0.39, 0.29) is 12.1 Å². The first-order valence-corrected chi connectivity index (χ1v) is 6.82. The Morgan fingerprint density at radius 2 is 1.75 bits per heavy atom. The zero-order valence-corrected chi connectivity index (χ0v) is 12.4. The van der Waals surface area contributed by atoms with Crippen molar-refractivity contribution in [1.29, 1.82) is 0 Å². The molecule has 0 saturated carbocycles. The third-order valence-electron chi connectivity index (χ3n) is 2.97. The molecule has 2 rings (SSSR count). The number of nitrogens with one attached hydrogen (secondary N) is 1. The molecule has 0 radical (unpaired) electrons. The average molecular weight is 271 g/mol. The minimum atomic E-state index is 0.0381. The van der Waals surface area contributed by atoms with E-state index in [0.717, 1.165) is 22.7 Å². The second kappa shape index (κ2) is 6.48. The highest BCUT2D eigenvalue weighted by atomic mass is 16.5. The summed E-state index contributed by atoms with van der Waals surface area (Å²) in [5, 5.41) is 3.27. The average Bonchev–Trinajstić information content (AvgIpc) is 2.43. The summed E-state index contributed by atoms with van der Waals surface area (Å²) in [7, 11) is 1.92. The van der Waals surface area contributed by atoms with Crippen LogP contribution in [0, 0.1) is 6.92 Å². The van der Waals surface area contributed by atoms with Gasteiger partial charge < -0.3 is 10.1 Å². The Morgan fingerprint density at radius 1 is 1.05 bits per heavy atom. The summed E-state index contributed by atoms with van der Waals surface area (Å²) in [5.41, 5.74) is 2.97. The monoisotopic (exact) mass is 271 g/mol. The molecule has 1 aromatic heterocycles. The molecule has 1 heterocycles. The molecular formula is C16H21N3O. The first-order chi connectivity index (χ1) is 9.60. The van der Waals surface area contributed by atoms with Gasteiger partial charge in [0.2, 0.25) is 0 Å². The lowest BCUT2D eigenvalue weighted by Gasteiger charge is -2.17. The van der Waals surface area contributed by atoms with Gasteiger partial charge in [-0.15, -0.1) is 0 Å². The summed E-state index contributed by atoms with van der Waals surface area (Å²) in [6, 6.07) is 8.12. The molecule has 0 bridgehead atoms. The van der Waals surface area contributed by atoms with E-state index in [4.69, 9.17) is 4.74 Å². The van der Waals surface area contributed by atoms with Crippen LogP contribution in [0.5, 0.6) is 5.75 Å². The SMILES string of the molecule is CNC(c1ccc(OC(C)C)cc1)c1cnc(C)cn1. The van der Waals surface area contributed by atoms with Crippen molar-refractivity contribution >= 4 is 0 Å². The molecule has 0 aliphatic carbocycles. The number of nitrogens with zero attached hydrogens (tertiary/aromatic N) is 2. The Kier molecular flexibility index (Phi) is 4.69. The van der Waals surface area contributed by atoms with Gasteiger partial charge in [-0.25, -0.2) is 0 Å². The van der Waals surface area contributed by atoms with Crippen molar-refractivity contribution in [2.45, 2.75) is 32.9 Å². The smallest absolute Gasteiger partial charge is 0.119 e. The molecule has 2 aromatic rings. The molecule has 0 aliphatic heterocycles. The van der Waals surface area contributed by atoms with Gasteiger partial charge in [-0.3, -0.25) is 9.97 Å². The van der Waals surface area contributed by atoms with Gasteiger partial charge in [-0.1, -0.05) is 12.1 Å². The van der Waals surface area contributed by atoms with Crippen LogP contribution in [0.1, 0.15) is 36.8 Å². The minimum absolute atomic E-state index is 0.0381. The molecule has 0 saturated heterocycles. The molecule has 1 atom stereocenters. The zero-order chi connectivity index (χ0) is 14.5. The lowest BCUT2D eigenvalue weighted by molar-refractivity contribution is 0.242. The van der Waals surface area contributed by atoms with Crippen LogP contribution in [0.4, 0.5) is 0 Å². The summed E-state index contributed by atoms with van der Waals surface area (Å²) in [5.74, 6) is 0.883. The van der Waals surface area contributed by atoms with E-state index in [0.29, 0.717) is 0 Å². The van der Waals surface area contributed by atoms with Crippen molar-refractivity contribution in [1.82, 2.24) is 15.3 Å². The van der Waals surface area contributed by atoms with Gasteiger partial charge in [0.25, 0.3) is 0 Å². The van der Waals surface area contributed by atoms with E-state index >= 15 is 0 Å². The quantitative estimate of drug-likeness (QED) is 0.908. The van der Waals surface area contributed by atoms with Gasteiger partial charge in [0.15, 0.2) is 0 Å². The topological polar surface area (TPSA) is 47.0 Å². The van der Waals surface area contributed by atoms with Gasteiger partial charge in [-0.05, 0) is 45.5 Å². The number of aromatic nitrogens is 2. The highest BCUT2D eigenvalue weighted by Gasteiger charge is 2.13. The van der Waals surface area contributed by atoms with Crippen molar-refractivity contribution in [2.75, 3.05) is 7.05 Å². The first kappa shape index (κ1) is 14.5. The molecule has 1 aromatic carbocycles. The van der Waals surface area contributed by atoms with Gasteiger partial charge in [-0.2, -0.15) is 0 Å². The summed E-state index contributed by atoms with van der Waals surface area (Å²) < 4.78 is 5.66. The van der Waals surface area contributed by atoms with Crippen molar-refractivity contribution in [2.24, 2.45) is 0 Å². The third-order valence-corrected chi connectivity index (χ3v) is 2.97. The third kappa shape index (κ3) is 3.54. The molecule has 1 unspecified atom stereocenters. The van der Waals surface area contributed by atoms with Crippen molar-refractivity contribution in [3.63, 3.8) is 0 Å². The lowest BCUT2D eigenvalue weighted by atomic mass is 10.0. The number of hydrogen-bond donors (Lipinski definition) is 1. The van der Waals surface area contributed by atoms with E-state index in [2.05, 4.69) is 27.4 Å². The molecule has 0 spiro atoms. The van der Waals surface area contributed by atoms with Crippen LogP contribution in [0.3, 0.4) is 0 Å². The van der Waals surface area contributed by atoms with Crippen LogP contribution < -0.4 is 10.1 Å². The van der Waals surface area contributed by atoms with Gasteiger partial charge in [0.05, 0.1) is 29.7 Å². The second-order valence-electron chi connectivity index (χ2n) is 5.04. The molecule has 0 fully saturated rings. The van der Waals surface area contributed by atoms with Crippen LogP contribution in [0.25, 0.3) is 0 Å². The number of ether oxygens (including phenoxy) is 1. The normalized spacial score (nSPS) is 12.4. The Morgan fingerprint density at radius 3 is 2.25 bits per heavy atom. The first-order valence-electron chi connectivity index (χ1n) is 6.82. The second-order valence-corrected chi connectivity index (χ2v) is 5.04. The van der Waals surface area contributed by atoms with E-state index in [1.807, 2.05) is 46.1 Å². The van der Waals surface area contributed by atoms with Crippen LogP contribution in [-0.2, 0) is 0 Å². The van der Waals surface area contributed by atoms with E-state index in [9.17, 15) is 0 Å². The fraction of sp³-hybridized carbons (Fsp3) is 0.375. The van der Waals surface area contributed by atoms with Crippen molar-refractivity contribution < 1.29 is 4.74 Å². The largest absolute Gasteiger partial charge is 0.491 e. The van der Waals surface area contributed by atoms with Crippen LogP contribution in [0.15, 0.2) is 36.7 Å². The molecule has 0 amide bonds. The van der Waals surface area contributed by atoms with E-state index in [1.54, 1.807) is 6.20 Å². The summed E-state index contributed by atoms with van der Waals surface area (Å²) in [4.78, 5) is 8.74. The molecular weight excluding hydrogens is 250 g/mol. The van der Waals surface area contributed by atoms with E-state index in [1.165, 1.54) is 0 Å². The van der Waals surface area contributed by atoms with Gasteiger partial charge in [0, 0.05) is 6.20 Å². The van der Waals surface area contributed by atoms with E-state index < -0.39 is 0 Å². The highest BCUT2D eigenvalue weighted by molar-refractivity contribution is 5.32. The Bertz CT molecular complexity index is 535. The van der Waals surface area contributed by atoms with Crippen molar-refractivity contribution in [3.05, 3.63) is 53.6 Å². The molecule has 4 heteroatoms. The Hall–Kier alpha value is -1.94. The summed E-state index contributed by atoms with van der Waals surface area (Å²) >= 11 is 0. The predicted octanol–water partition coefficient (Wildman–Crippen LogP) is 2.88. The van der Waals surface area contributed by atoms with Gasteiger partial charge in [0.1, 0.15) is 5.75 Å². The summed E-state index contributed by atoms with van der Waals surface area (Å²) in [6.07, 6.45) is 3.79. The summed E-state index contributed by atoms with van der Waals surface area (Å²) in [6.45, 7) is 5.97. The van der Waals surface area contributed by atoms with Gasteiger partial charge >= 0.3 is 0 Å².